The minimum atomic E-state index is 0.494. The molecule has 2 heteroatoms. The monoisotopic (exact) mass is 263 g/mol. The van der Waals surface area contributed by atoms with Gasteiger partial charge in [-0.05, 0) is 61.8 Å². The van der Waals surface area contributed by atoms with Crippen molar-refractivity contribution in [1.29, 1.82) is 0 Å². The highest BCUT2D eigenvalue weighted by Crippen LogP contribution is 2.32. The molecule has 0 saturated carbocycles. The number of ether oxygens (including phenoxy) is 1. The van der Waals surface area contributed by atoms with Gasteiger partial charge in [-0.2, -0.15) is 0 Å². The maximum atomic E-state index is 5.73. The van der Waals surface area contributed by atoms with E-state index in [1.807, 2.05) is 6.92 Å². The lowest BCUT2D eigenvalue weighted by Gasteiger charge is -2.19. The molecule has 0 radical (unpaired) electrons. The summed E-state index contributed by atoms with van der Waals surface area (Å²) in [6, 6.07) is 6.70. The van der Waals surface area contributed by atoms with Crippen LogP contribution in [0.4, 0.5) is 0 Å². The normalized spacial score (nSPS) is 12.7. The van der Waals surface area contributed by atoms with Crippen LogP contribution in [-0.2, 0) is 0 Å². The quantitative estimate of drug-likeness (QED) is 0.752. The summed E-state index contributed by atoms with van der Waals surface area (Å²) in [5.41, 5.74) is 8.39. The average molecular weight is 263 g/mol. The molecule has 0 saturated heterocycles. The lowest BCUT2D eigenvalue weighted by atomic mass is 9.88. The molecule has 0 amide bonds. The fourth-order valence-electron chi connectivity index (χ4n) is 2.53. The third-order valence-corrected chi connectivity index (χ3v) is 3.68. The second-order valence-electron chi connectivity index (χ2n) is 5.42. The van der Waals surface area contributed by atoms with Gasteiger partial charge in [0.2, 0.25) is 0 Å². The van der Waals surface area contributed by atoms with Gasteiger partial charge in [0.1, 0.15) is 5.75 Å². The van der Waals surface area contributed by atoms with Gasteiger partial charge >= 0.3 is 0 Å². The zero-order valence-electron chi connectivity index (χ0n) is 12.9. The molecule has 0 aliphatic rings. The van der Waals surface area contributed by atoms with Crippen LogP contribution in [0.5, 0.6) is 5.75 Å². The summed E-state index contributed by atoms with van der Waals surface area (Å²) in [5.74, 6) is 2.15. The summed E-state index contributed by atoms with van der Waals surface area (Å²) < 4.78 is 5.73. The van der Waals surface area contributed by atoms with E-state index in [1.54, 1.807) is 0 Å². The largest absolute Gasteiger partial charge is 0.494 e. The third kappa shape index (κ3) is 4.54. The van der Waals surface area contributed by atoms with E-state index in [2.05, 4.69) is 39.0 Å². The minimum Gasteiger partial charge on any atom is -0.494 e. The van der Waals surface area contributed by atoms with Crippen LogP contribution in [0, 0.1) is 0 Å². The maximum absolute atomic E-state index is 5.73. The molecule has 0 aliphatic heterocycles. The summed E-state index contributed by atoms with van der Waals surface area (Å²) in [6.45, 7) is 10.2. The molecule has 0 aromatic heterocycles. The van der Waals surface area contributed by atoms with Crippen molar-refractivity contribution in [3.8, 4) is 5.75 Å². The van der Waals surface area contributed by atoms with Crippen molar-refractivity contribution < 1.29 is 4.74 Å². The van der Waals surface area contributed by atoms with Crippen molar-refractivity contribution in [2.75, 3.05) is 13.2 Å². The zero-order valence-corrected chi connectivity index (χ0v) is 12.9. The van der Waals surface area contributed by atoms with Gasteiger partial charge in [0.15, 0.2) is 0 Å². The highest BCUT2D eigenvalue weighted by molar-refractivity contribution is 5.40. The zero-order chi connectivity index (χ0) is 14.3. The standard InChI is InChI=1S/C17H29NO/c1-5-14(8-7-11-18)15-9-10-17(19-6-2)16(12-15)13(3)4/h9-10,12-14H,5-8,11,18H2,1-4H3. The van der Waals surface area contributed by atoms with Crippen LogP contribution in [-0.4, -0.2) is 13.2 Å². The first-order valence-electron chi connectivity index (χ1n) is 7.60. The Morgan fingerprint density at radius 2 is 1.95 bits per heavy atom. The topological polar surface area (TPSA) is 35.2 Å². The van der Waals surface area contributed by atoms with E-state index < -0.39 is 0 Å². The molecular weight excluding hydrogens is 234 g/mol. The lowest BCUT2D eigenvalue weighted by molar-refractivity contribution is 0.335. The van der Waals surface area contributed by atoms with Crippen LogP contribution in [0.25, 0.3) is 0 Å². The highest BCUT2D eigenvalue weighted by Gasteiger charge is 2.14. The summed E-state index contributed by atoms with van der Waals surface area (Å²) in [6.07, 6.45) is 3.45. The van der Waals surface area contributed by atoms with Gasteiger partial charge in [-0.25, -0.2) is 0 Å². The summed E-state index contributed by atoms with van der Waals surface area (Å²) >= 11 is 0. The van der Waals surface area contributed by atoms with Crippen molar-refractivity contribution in [3.63, 3.8) is 0 Å². The van der Waals surface area contributed by atoms with Gasteiger partial charge < -0.3 is 10.5 Å². The Balaban J connectivity index is 2.98. The van der Waals surface area contributed by atoms with Gasteiger partial charge in [-0.3, -0.25) is 0 Å². The summed E-state index contributed by atoms with van der Waals surface area (Å²) in [4.78, 5) is 0. The molecule has 0 bridgehead atoms. The minimum absolute atomic E-state index is 0.494. The maximum Gasteiger partial charge on any atom is 0.122 e. The van der Waals surface area contributed by atoms with Gasteiger partial charge in [0.25, 0.3) is 0 Å². The Labute approximate surface area is 118 Å². The molecule has 2 nitrogen and oxygen atoms in total. The molecular formula is C17H29NO. The smallest absolute Gasteiger partial charge is 0.122 e. The predicted octanol–water partition coefficient (Wildman–Crippen LogP) is 4.44. The number of nitrogens with two attached hydrogens (primary N) is 1. The van der Waals surface area contributed by atoms with E-state index in [9.17, 15) is 0 Å². The first kappa shape index (κ1) is 16.0. The summed E-state index contributed by atoms with van der Waals surface area (Å²) in [5, 5.41) is 0. The Bertz CT molecular complexity index is 374. The van der Waals surface area contributed by atoms with Crippen LogP contribution in [0.1, 0.15) is 69.9 Å². The summed E-state index contributed by atoms with van der Waals surface area (Å²) in [7, 11) is 0. The number of hydrogen-bond donors (Lipinski definition) is 1. The molecule has 1 aromatic carbocycles. The number of benzene rings is 1. The van der Waals surface area contributed by atoms with Gasteiger partial charge in [-0.1, -0.05) is 32.9 Å². The third-order valence-electron chi connectivity index (χ3n) is 3.68. The molecule has 1 atom stereocenters. The van der Waals surface area contributed by atoms with Crippen LogP contribution >= 0.6 is 0 Å². The molecule has 19 heavy (non-hydrogen) atoms. The van der Waals surface area contributed by atoms with Gasteiger partial charge in [-0.15, -0.1) is 0 Å². The molecule has 1 unspecified atom stereocenters. The highest BCUT2D eigenvalue weighted by atomic mass is 16.5. The van der Waals surface area contributed by atoms with Crippen molar-refractivity contribution in [1.82, 2.24) is 0 Å². The Morgan fingerprint density at radius 3 is 2.47 bits per heavy atom. The van der Waals surface area contributed by atoms with Gasteiger partial charge in [0.05, 0.1) is 6.61 Å². The van der Waals surface area contributed by atoms with Crippen LogP contribution in [0.15, 0.2) is 18.2 Å². The molecule has 2 N–H and O–H groups in total. The molecule has 1 aromatic rings. The molecule has 0 spiro atoms. The van der Waals surface area contributed by atoms with Crippen molar-refractivity contribution in [3.05, 3.63) is 29.3 Å². The number of rotatable bonds is 8. The Hall–Kier alpha value is -1.02. The predicted molar refractivity (Wildman–Crippen MR) is 83.0 cm³/mol. The van der Waals surface area contributed by atoms with E-state index in [0.29, 0.717) is 11.8 Å². The molecule has 0 fully saturated rings. The van der Waals surface area contributed by atoms with Crippen LogP contribution < -0.4 is 10.5 Å². The molecule has 1 rings (SSSR count). The second kappa shape index (κ2) is 8.21. The van der Waals surface area contributed by atoms with Crippen molar-refractivity contribution in [2.45, 2.75) is 58.8 Å². The first-order valence-corrected chi connectivity index (χ1v) is 7.60. The number of hydrogen-bond acceptors (Lipinski definition) is 2. The molecule has 0 heterocycles. The van der Waals surface area contributed by atoms with Crippen molar-refractivity contribution >= 4 is 0 Å². The SMILES string of the molecule is CCOc1ccc(C(CC)CCCN)cc1C(C)C. The molecule has 108 valence electrons. The fraction of sp³-hybridized carbons (Fsp3) is 0.647. The van der Waals surface area contributed by atoms with E-state index in [1.165, 1.54) is 24.0 Å². The molecule has 0 aliphatic carbocycles. The fourth-order valence-corrected chi connectivity index (χ4v) is 2.53. The van der Waals surface area contributed by atoms with E-state index in [-0.39, 0.29) is 0 Å². The van der Waals surface area contributed by atoms with Crippen LogP contribution in [0.2, 0.25) is 0 Å². The second-order valence-corrected chi connectivity index (χ2v) is 5.42. The van der Waals surface area contributed by atoms with Crippen molar-refractivity contribution in [2.24, 2.45) is 5.73 Å². The van der Waals surface area contributed by atoms with Crippen LogP contribution in [0.3, 0.4) is 0 Å². The first-order chi connectivity index (χ1) is 9.13. The van der Waals surface area contributed by atoms with E-state index in [4.69, 9.17) is 10.5 Å². The van der Waals surface area contributed by atoms with Gasteiger partial charge in [0, 0.05) is 0 Å². The van der Waals surface area contributed by atoms with E-state index in [0.717, 1.165) is 25.3 Å². The lowest BCUT2D eigenvalue weighted by Crippen LogP contribution is -2.05. The average Bonchev–Trinajstić information content (AvgIpc) is 2.41. The Kier molecular flexibility index (Phi) is 6.93. The Morgan fingerprint density at radius 1 is 1.21 bits per heavy atom. The van der Waals surface area contributed by atoms with E-state index >= 15 is 0 Å².